The van der Waals surface area contributed by atoms with Crippen LogP contribution < -0.4 is 15.4 Å². The molecule has 2 heterocycles. The molecule has 0 aliphatic rings. The molecule has 1 atom stereocenters. The van der Waals surface area contributed by atoms with E-state index in [0.29, 0.717) is 12.5 Å². The van der Waals surface area contributed by atoms with Crippen molar-refractivity contribution in [3.05, 3.63) is 64.6 Å². The lowest BCUT2D eigenvalue weighted by Crippen LogP contribution is -2.38. The maximum absolute atomic E-state index is 5.19. The first-order valence-electron chi connectivity index (χ1n) is 8.85. The van der Waals surface area contributed by atoms with Crippen LogP contribution in [0.15, 0.2) is 58.3 Å². The van der Waals surface area contributed by atoms with Crippen molar-refractivity contribution in [3.63, 3.8) is 0 Å². The van der Waals surface area contributed by atoms with Gasteiger partial charge < -0.3 is 15.4 Å². The van der Waals surface area contributed by atoms with Gasteiger partial charge in [-0.15, -0.1) is 0 Å². The van der Waals surface area contributed by atoms with Gasteiger partial charge in [-0.1, -0.05) is 6.92 Å². The van der Waals surface area contributed by atoms with E-state index >= 15 is 0 Å². The van der Waals surface area contributed by atoms with Gasteiger partial charge in [0.25, 0.3) is 0 Å². The molecule has 142 valence electrons. The van der Waals surface area contributed by atoms with E-state index < -0.39 is 0 Å². The first kappa shape index (κ1) is 19.0. The molecule has 0 radical (unpaired) electrons. The molecule has 27 heavy (non-hydrogen) atoms. The van der Waals surface area contributed by atoms with Gasteiger partial charge in [0.05, 0.1) is 25.0 Å². The molecule has 1 aromatic carbocycles. The van der Waals surface area contributed by atoms with Crippen molar-refractivity contribution < 1.29 is 4.74 Å². The summed E-state index contributed by atoms with van der Waals surface area (Å²) < 4.78 is 7.04. The summed E-state index contributed by atoms with van der Waals surface area (Å²) in [5, 5.41) is 15.6. The molecule has 1 unspecified atom stereocenters. The van der Waals surface area contributed by atoms with E-state index in [1.54, 1.807) is 25.5 Å². The van der Waals surface area contributed by atoms with E-state index in [1.807, 2.05) is 41.2 Å². The summed E-state index contributed by atoms with van der Waals surface area (Å²) in [5.74, 6) is 2.04. The van der Waals surface area contributed by atoms with Gasteiger partial charge in [-0.2, -0.15) is 16.4 Å². The molecule has 0 saturated carbocycles. The number of guanidine groups is 1. The Morgan fingerprint density at radius 1 is 1.22 bits per heavy atom. The van der Waals surface area contributed by atoms with Crippen molar-refractivity contribution in [1.29, 1.82) is 0 Å². The highest BCUT2D eigenvalue weighted by Gasteiger charge is 2.08. The summed E-state index contributed by atoms with van der Waals surface area (Å²) in [4.78, 5) is 4.29. The van der Waals surface area contributed by atoms with Gasteiger partial charge >= 0.3 is 0 Å². The van der Waals surface area contributed by atoms with Gasteiger partial charge in [0, 0.05) is 19.8 Å². The number of nitrogens with zero attached hydrogens (tertiary/aromatic N) is 3. The second-order valence-electron chi connectivity index (χ2n) is 6.21. The zero-order chi connectivity index (χ0) is 19.1. The van der Waals surface area contributed by atoms with Crippen molar-refractivity contribution in [2.24, 2.45) is 4.99 Å². The molecule has 3 aromatic rings. The van der Waals surface area contributed by atoms with Crippen LogP contribution in [0.3, 0.4) is 0 Å². The van der Waals surface area contributed by atoms with Crippen molar-refractivity contribution in [2.75, 3.05) is 20.7 Å². The molecule has 2 aromatic heterocycles. The molecule has 2 N–H and O–H groups in total. The number of methoxy groups -OCH3 is 1. The second-order valence-corrected chi connectivity index (χ2v) is 6.99. The number of nitrogens with one attached hydrogen (secondary N) is 2. The van der Waals surface area contributed by atoms with Gasteiger partial charge in [-0.25, -0.2) is 4.68 Å². The lowest BCUT2D eigenvalue weighted by molar-refractivity contribution is 0.414. The Morgan fingerprint density at radius 2 is 2.04 bits per heavy atom. The molecule has 3 rings (SSSR count). The Labute approximate surface area is 163 Å². The van der Waals surface area contributed by atoms with Gasteiger partial charge in [0.1, 0.15) is 5.75 Å². The zero-order valence-electron chi connectivity index (χ0n) is 15.8. The molecule has 0 fully saturated rings. The van der Waals surface area contributed by atoms with E-state index in [0.717, 1.165) is 29.6 Å². The topological polar surface area (TPSA) is 63.5 Å². The van der Waals surface area contributed by atoms with Crippen LogP contribution in [0.1, 0.15) is 24.1 Å². The summed E-state index contributed by atoms with van der Waals surface area (Å²) in [7, 11) is 3.44. The average Bonchev–Trinajstić information content (AvgIpc) is 3.40. The highest BCUT2D eigenvalue weighted by molar-refractivity contribution is 7.07. The fraction of sp³-hybridized carbons (Fsp3) is 0.300. The van der Waals surface area contributed by atoms with Gasteiger partial charge in [-0.05, 0) is 58.6 Å². The molecular formula is C20H25N5OS. The summed E-state index contributed by atoms with van der Waals surface area (Å²) in [6, 6.07) is 12.0. The van der Waals surface area contributed by atoms with Gasteiger partial charge in [0.2, 0.25) is 0 Å². The monoisotopic (exact) mass is 383 g/mol. The Bertz CT molecular complexity index is 855. The third kappa shape index (κ3) is 5.10. The van der Waals surface area contributed by atoms with E-state index in [-0.39, 0.29) is 0 Å². The van der Waals surface area contributed by atoms with Gasteiger partial charge in [0.15, 0.2) is 5.96 Å². The number of aliphatic imine (C=N–C) groups is 1. The average molecular weight is 384 g/mol. The SMILES string of the molecule is CN=C(NCc1ccn(-c2ccc(OC)cc2)n1)NCC(C)c1ccsc1. The molecule has 7 heteroatoms. The third-order valence-corrected chi connectivity index (χ3v) is 5.03. The predicted octanol–water partition coefficient (Wildman–Crippen LogP) is 3.41. The normalized spacial score (nSPS) is 12.6. The number of rotatable bonds is 7. The second kappa shape index (κ2) is 9.23. The van der Waals surface area contributed by atoms with Gasteiger partial charge in [-0.3, -0.25) is 4.99 Å². The predicted molar refractivity (Wildman–Crippen MR) is 111 cm³/mol. The summed E-state index contributed by atoms with van der Waals surface area (Å²) in [6.45, 7) is 3.64. The van der Waals surface area contributed by atoms with E-state index in [4.69, 9.17) is 4.74 Å². The largest absolute Gasteiger partial charge is 0.497 e. The standard InChI is InChI=1S/C20H25N5OS/c1-15(16-9-11-27-14-16)12-22-20(21-2)23-13-17-8-10-25(24-17)18-4-6-19(26-3)7-5-18/h4-11,14-15H,12-13H2,1-3H3,(H2,21,22,23). The number of aromatic nitrogens is 2. The Morgan fingerprint density at radius 3 is 2.70 bits per heavy atom. The fourth-order valence-corrected chi connectivity index (χ4v) is 3.43. The Kier molecular flexibility index (Phi) is 6.49. The minimum Gasteiger partial charge on any atom is -0.497 e. The summed E-state index contributed by atoms with van der Waals surface area (Å²) >= 11 is 1.73. The smallest absolute Gasteiger partial charge is 0.191 e. The number of thiophene rings is 1. The van der Waals surface area contributed by atoms with Crippen molar-refractivity contribution in [1.82, 2.24) is 20.4 Å². The Balaban J connectivity index is 1.52. The molecule has 0 aliphatic heterocycles. The lowest BCUT2D eigenvalue weighted by atomic mass is 10.1. The van der Waals surface area contributed by atoms with E-state index in [1.165, 1.54) is 5.56 Å². The quantitative estimate of drug-likeness (QED) is 0.485. The highest BCUT2D eigenvalue weighted by Crippen LogP contribution is 2.17. The first-order chi connectivity index (χ1) is 13.2. The van der Waals surface area contributed by atoms with Crippen LogP contribution in [0.25, 0.3) is 5.69 Å². The van der Waals surface area contributed by atoms with Crippen LogP contribution in [0.2, 0.25) is 0 Å². The Hall–Kier alpha value is -2.80. The first-order valence-corrected chi connectivity index (χ1v) is 9.79. The van der Waals surface area contributed by atoms with Crippen LogP contribution in [-0.2, 0) is 6.54 Å². The molecule has 0 spiro atoms. The molecule has 0 saturated heterocycles. The number of benzene rings is 1. The molecule has 0 amide bonds. The van der Waals surface area contributed by atoms with Crippen LogP contribution in [0.4, 0.5) is 0 Å². The van der Waals surface area contributed by atoms with E-state index in [9.17, 15) is 0 Å². The molecule has 0 bridgehead atoms. The highest BCUT2D eigenvalue weighted by atomic mass is 32.1. The molecule has 0 aliphatic carbocycles. The number of hydrogen-bond acceptors (Lipinski definition) is 4. The number of ether oxygens (including phenoxy) is 1. The number of hydrogen-bond donors (Lipinski definition) is 2. The van der Waals surface area contributed by atoms with Crippen molar-refractivity contribution in [3.8, 4) is 11.4 Å². The lowest BCUT2D eigenvalue weighted by Gasteiger charge is -2.15. The zero-order valence-corrected chi connectivity index (χ0v) is 16.7. The van der Waals surface area contributed by atoms with Crippen LogP contribution in [0, 0.1) is 0 Å². The fourth-order valence-electron chi connectivity index (χ4n) is 2.65. The molecular weight excluding hydrogens is 358 g/mol. The maximum Gasteiger partial charge on any atom is 0.191 e. The van der Waals surface area contributed by atoms with Crippen LogP contribution in [0.5, 0.6) is 5.75 Å². The van der Waals surface area contributed by atoms with Crippen LogP contribution >= 0.6 is 11.3 Å². The minimum absolute atomic E-state index is 0.434. The minimum atomic E-state index is 0.434. The van der Waals surface area contributed by atoms with Crippen molar-refractivity contribution >= 4 is 17.3 Å². The van der Waals surface area contributed by atoms with Crippen molar-refractivity contribution in [2.45, 2.75) is 19.4 Å². The van der Waals surface area contributed by atoms with E-state index in [2.05, 4.69) is 44.5 Å². The van der Waals surface area contributed by atoms with Crippen LogP contribution in [-0.4, -0.2) is 36.4 Å². The maximum atomic E-state index is 5.19. The summed E-state index contributed by atoms with van der Waals surface area (Å²) in [6.07, 6.45) is 1.95. The summed E-state index contributed by atoms with van der Waals surface area (Å²) in [5.41, 5.74) is 3.29. The molecule has 6 nitrogen and oxygen atoms in total. The third-order valence-electron chi connectivity index (χ3n) is 4.33.